The average Bonchev–Trinajstić information content (AvgIpc) is 3.01. The van der Waals surface area contributed by atoms with Crippen LogP contribution < -0.4 is 5.73 Å². The number of aromatic nitrogens is 2. The molecule has 2 aromatic rings. The van der Waals surface area contributed by atoms with Crippen LogP contribution in [-0.2, 0) is 0 Å². The van der Waals surface area contributed by atoms with E-state index in [9.17, 15) is 9.90 Å². The molecule has 1 aliphatic heterocycles. The minimum absolute atomic E-state index is 0.278. The number of fused-ring (bicyclic) bond motifs is 1. The van der Waals surface area contributed by atoms with Gasteiger partial charge in [-0.2, -0.15) is 5.10 Å². The number of benzene rings is 1. The highest BCUT2D eigenvalue weighted by Crippen LogP contribution is 2.46. The molecular formula is C17H23ClN4O2. The fourth-order valence-electron chi connectivity index (χ4n) is 3.73. The Bertz CT molecular complexity index is 750. The van der Waals surface area contributed by atoms with E-state index in [0.717, 1.165) is 29.3 Å². The first kappa shape index (κ1) is 17.0. The summed E-state index contributed by atoms with van der Waals surface area (Å²) in [5.41, 5.74) is 6.56. The Morgan fingerprint density at radius 1 is 1.46 bits per heavy atom. The molecule has 24 heavy (non-hydrogen) atoms. The Morgan fingerprint density at radius 2 is 2.12 bits per heavy atom. The lowest BCUT2D eigenvalue weighted by Gasteiger charge is -2.43. The Labute approximate surface area is 146 Å². The van der Waals surface area contributed by atoms with Crippen molar-refractivity contribution in [3.8, 4) is 0 Å². The van der Waals surface area contributed by atoms with Gasteiger partial charge >= 0.3 is 6.03 Å². The number of amides is 2. The smallest absolute Gasteiger partial charge is 0.314 e. The Hall–Kier alpha value is -1.79. The molecule has 1 aromatic heterocycles. The largest absolute Gasteiger partial charge is 0.388 e. The predicted octanol–water partition coefficient (Wildman–Crippen LogP) is 3.07. The van der Waals surface area contributed by atoms with Crippen molar-refractivity contribution in [1.29, 1.82) is 0 Å². The van der Waals surface area contributed by atoms with Gasteiger partial charge < -0.3 is 15.7 Å². The molecule has 130 valence electrons. The zero-order valence-electron chi connectivity index (χ0n) is 13.9. The summed E-state index contributed by atoms with van der Waals surface area (Å²) >= 11 is 6.20. The molecule has 2 amide bonds. The molecule has 0 aliphatic carbocycles. The van der Waals surface area contributed by atoms with Crippen LogP contribution >= 0.6 is 11.6 Å². The van der Waals surface area contributed by atoms with E-state index in [4.69, 9.17) is 17.3 Å². The summed E-state index contributed by atoms with van der Waals surface area (Å²) in [5, 5.41) is 19.6. The molecule has 1 atom stereocenters. The van der Waals surface area contributed by atoms with Gasteiger partial charge in [0.25, 0.3) is 0 Å². The van der Waals surface area contributed by atoms with Gasteiger partial charge in [-0.3, -0.25) is 5.10 Å². The van der Waals surface area contributed by atoms with Crippen LogP contribution in [0.4, 0.5) is 4.79 Å². The Morgan fingerprint density at radius 3 is 2.75 bits per heavy atom. The van der Waals surface area contributed by atoms with Gasteiger partial charge in [0, 0.05) is 29.1 Å². The summed E-state index contributed by atoms with van der Waals surface area (Å²) < 4.78 is 0. The number of aliphatic hydroxyl groups is 1. The first-order valence-corrected chi connectivity index (χ1v) is 8.53. The number of nitrogens with two attached hydrogens (primary N) is 1. The van der Waals surface area contributed by atoms with Crippen LogP contribution in [0.15, 0.2) is 18.3 Å². The molecule has 3 rings (SSSR count). The molecule has 0 radical (unpaired) electrons. The third-order valence-corrected chi connectivity index (χ3v) is 5.62. The van der Waals surface area contributed by atoms with Crippen LogP contribution in [0.3, 0.4) is 0 Å². The van der Waals surface area contributed by atoms with Crippen molar-refractivity contribution in [2.75, 3.05) is 13.1 Å². The van der Waals surface area contributed by atoms with Crippen LogP contribution in [-0.4, -0.2) is 39.3 Å². The highest BCUT2D eigenvalue weighted by atomic mass is 35.5. The van der Waals surface area contributed by atoms with Gasteiger partial charge in [-0.15, -0.1) is 0 Å². The van der Waals surface area contributed by atoms with Crippen LogP contribution in [0.25, 0.3) is 10.9 Å². The number of primary amides is 1. The molecule has 0 spiro atoms. The summed E-state index contributed by atoms with van der Waals surface area (Å²) in [5.74, 6) is 0.278. The maximum atomic E-state index is 11.3. The van der Waals surface area contributed by atoms with Gasteiger partial charge in [-0.05, 0) is 36.3 Å². The van der Waals surface area contributed by atoms with Crippen molar-refractivity contribution in [1.82, 2.24) is 15.1 Å². The molecule has 0 saturated carbocycles. The van der Waals surface area contributed by atoms with Crippen molar-refractivity contribution in [3.05, 3.63) is 28.9 Å². The van der Waals surface area contributed by atoms with Crippen LogP contribution in [0.5, 0.6) is 0 Å². The Kier molecular flexibility index (Phi) is 4.44. The molecule has 1 aliphatic rings. The molecule has 1 saturated heterocycles. The monoisotopic (exact) mass is 350 g/mol. The lowest BCUT2D eigenvalue weighted by molar-refractivity contribution is -0.0140. The molecule has 1 unspecified atom stereocenters. The van der Waals surface area contributed by atoms with E-state index in [0.29, 0.717) is 18.1 Å². The maximum Gasteiger partial charge on any atom is 0.314 e. The van der Waals surface area contributed by atoms with E-state index in [1.807, 2.05) is 6.07 Å². The van der Waals surface area contributed by atoms with Crippen molar-refractivity contribution in [3.63, 3.8) is 0 Å². The number of nitrogens with one attached hydrogen (secondary N) is 1. The third kappa shape index (κ3) is 2.96. The second kappa shape index (κ2) is 6.26. The predicted molar refractivity (Wildman–Crippen MR) is 93.7 cm³/mol. The molecular weight excluding hydrogens is 328 g/mol. The van der Waals surface area contributed by atoms with Crippen molar-refractivity contribution in [2.45, 2.75) is 32.8 Å². The van der Waals surface area contributed by atoms with Gasteiger partial charge in [-0.25, -0.2) is 4.79 Å². The number of nitrogens with zero attached hydrogens (tertiary/aromatic N) is 2. The van der Waals surface area contributed by atoms with Crippen LogP contribution in [0.1, 0.15) is 38.4 Å². The number of hydrogen-bond acceptors (Lipinski definition) is 3. The molecule has 0 bridgehead atoms. The van der Waals surface area contributed by atoms with Crippen molar-refractivity contribution >= 4 is 28.5 Å². The third-order valence-electron chi connectivity index (χ3n) is 5.40. The molecule has 1 fully saturated rings. The van der Waals surface area contributed by atoms with Crippen LogP contribution in [0.2, 0.25) is 5.02 Å². The lowest BCUT2D eigenvalue weighted by atomic mass is 9.68. The second-order valence-electron chi connectivity index (χ2n) is 7.15. The summed E-state index contributed by atoms with van der Waals surface area (Å²) in [4.78, 5) is 13.0. The summed E-state index contributed by atoms with van der Waals surface area (Å²) in [6, 6.07) is 3.25. The van der Waals surface area contributed by atoms with Gasteiger partial charge in [0.05, 0.1) is 17.8 Å². The summed E-state index contributed by atoms with van der Waals surface area (Å²) in [6.07, 6.45) is 2.65. The van der Waals surface area contributed by atoms with Crippen molar-refractivity contribution in [2.24, 2.45) is 17.1 Å². The van der Waals surface area contributed by atoms with Gasteiger partial charge in [0.15, 0.2) is 0 Å². The fraction of sp³-hybridized carbons (Fsp3) is 0.529. The van der Waals surface area contributed by atoms with E-state index in [1.54, 1.807) is 17.2 Å². The Balaban J connectivity index is 1.86. The topological polar surface area (TPSA) is 95.2 Å². The number of carbonyl (C=O) groups excluding carboxylic acids is 1. The average molecular weight is 351 g/mol. The number of piperidine rings is 1. The first-order chi connectivity index (χ1) is 11.3. The van der Waals surface area contributed by atoms with E-state index in [-0.39, 0.29) is 17.4 Å². The number of H-pyrrole nitrogens is 1. The number of aliphatic hydroxyl groups excluding tert-OH is 1. The summed E-state index contributed by atoms with van der Waals surface area (Å²) in [7, 11) is 0. The van der Waals surface area contributed by atoms with E-state index < -0.39 is 6.10 Å². The molecule has 1 aromatic carbocycles. The standard InChI is InChI=1S/C17H23ClN4O2/c1-17(2,11-3-5-22(6-4-11)16(19)24)15(23)13-8-12(18)7-10-9-20-21-14(10)13/h7-9,11,15,23H,3-6H2,1-2H3,(H2,19,24)(H,20,21). The summed E-state index contributed by atoms with van der Waals surface area (Å²) in [6.45, 7) is 5.38. The fourth-order valence-corrected chi connectivity index (χ4v) is 3.97. The maximum absolute atomic E-state index is 11.3. The normalized spacial score (nSPS) is 18.1. The highest BCUT2D eigenvalue weighted by Gasteiger charge is 2.40. The van der Waals surface area contributed by atoms with E-state index >= 15 is 0 Å². The number of carbonyl (C=O) groups is 1. The number of hydrogen-bond donors (Lipinski definition) is 3. The molecule has 6 nitrogen and oxygen atoms in total. The lowest BCUT2D eigenvalue weighted by Crippen LogP contribution is -2.45. The molecule has 4 N–H and O–H groups in total. The van der Waals surface area contributed by atoms with Gasteiger partial charge in [0.2, 0.25) is 0 Å². The number of rotatable bonds is 3. The number of likely N-dealkylation sites (tertiary alicyclic amines) is 1. The highest BCUT2D eigenvalue weighted by molar-refractivity contribution is 6.31. The second-order valence-corrected chi connectivity index (χ2v) is 7.59. The van der Waals surface area contributed by atoms with Crippen molar-refractivity contribution < 1.29 is 9.90 Å². The first-order valence-electron chi connectivity index (χ1n) is 8.15. The van der Waals surface area contributed by atoms with Gasteiger partial charge in [0.1, 0.15) is 0 Å². The van der Waals surface area contributed by atoms with Gasteiger partial charge in [-0.1, -0.05) is 25.4 Å². The zero-order chi connectivity index (χ0) is 17.5. The number of aromatic amines is 1. The molecule has 2 heterocycles. The minimum atomic E-state index is -0.690. The minimum Gasteiger partial charge on any atom is -0.388 e. The quantitative estimate of drug-likeness (QED) is 0.793. The number of halogens is 1. The van der Waals surface area contributed by atoms with Crippen LogP contribution in [0, 0.1) is 11.3 Å². The molecule has 7 heteroatoms. The van der Waals surface area contributed by atoms with E-state index in [2.05, 4.69) is 24.0 Å². The van der Waals surface area contributed by atoms with E-state index in [1.165, 1.54) is 0 Å². The zero-order valence-corrected chi connectivity index (χ0v) is 14.7. The SMILES string of the molecule is CC(C)(C1CCN(C(N)=O)CC1)C(O)c1cc(Cl)cc2cn[nH]c12. The number of urea groups is 1.